The van der Waals surface area contributed by atoms with Crippen molar-refractivity contribution in [2.24, 2.45) is 0 Å². The van der Waals surface area contributed by atoms with Crippen LogP contribution < -0.4 is 0 Å². The van der Waals surface area contributed by atoms with Gasteiger partial charge in [0.15, 0.2) is 0 Å². The maximum atomic E-state index is 5.26. The van der Waals surface area contributed by atoms with Crippen molar-refractivity contribution in [1.29, 1.82) is 0 Å². The first-order valence-electron chi connectivity index (χ1n) is 3.05. The Hall–Kier alpha value is 0.700. The van der Waals surface area contributed by atoms with Crippen LogP contribution in [0, 0.1) is 0 Å². The molecule has 0 spiro atoms. The SMILES string of the molecule is CC1([S])CCCCS1. The monoisotopic (exact) mass is 147 g/mol. The van der Waals surface area contributed by atoms with Crippen LogP contribution in [0.25, 0.3) is 0 Å². The van der Waals surface area contributed by atoms with Gasteiger partial charge < -0.3 is 0 Å². The van der Waals surface area contributed by atoms with Crippen molar-refractivity contribution in [2.75, 3.05) is 5.75 Å². The molecule has 47 valence electrons. The van der Waals surface area contributed by atoms with Crippen molar-refractivity contribution in [3.05, 3.63) is 0 Å². The molecule has 0 aliphatic carbocycles. The maximum absolute atomic E-state index is 5.26. The quantitative estimate of drug-likeness (QED) is 0.507. The smallest absolute Gasteiger partial charge is 0.0686 e. The largest absolute Gasteiger partial charge is 0.144 e. The Morgan fingerprint density at radius 3 is 2.50 bits per heavy atom. The van der Waals surface area contributed by atoms with E-state index >= 15 is 0 Å². The maximum Gasteiger partial charge on any atom is 0.0686 e. The highest BCUT2D eigenvalue weighted by Gasteiger charge is 2.22. The second-order valence-corrected chi connectivity index (χ2v) is 5.20. The van der Waals surface area contributed by atoms with Gasteiger partial charge in [0, 0.05) is 0 Å². The van der Waals surface area contributed by atoms with Gasteiger partial charge in [-0.3, -0.25) is 0 Å². The van der Waals surface area contributed by atoms with Gasteiger partial charge in [0.05, 0.1) is 4.08 Å². The molecule has 0 amide bonds. The molecule has 1 unspecified atom stereocenters. The number of hydrogen-bond acceptors (Lipinski definition) is 1. The van der Waals surface area contributed by atoms with Gasteiger partial charge in [-0.05, 0) is 25.5 Å². The Kier molecular flexibility index (Phi) is 2.15. The van der Waals surface area contributed by atoms with Crippen LogP contribution in [0.15, 0.2) is 0 Å². The highest BCUT2D eigenvalue weighted by Crippen LogP contribution is 2.38. The van der Waals surface area contributed by atoms with Crippen LogP contribution in [0.1, 0.15) is 26.2 Å². The Morgan fingerprint density at radius 2 is 2.25 bits per heavy atom. The molecule has 0 aromatic heterocycles. The van der Waals surface area contributed by atoms with E-state index in [2.05, 4.69) is 6.92 Å². The second-order valence-electron chi connectivity index (χ2n) is 2.44. The van der Waals surface area contributed by atoms with E-state index in [0.29, 0.717) is 0 Å². The van der Waals surface area contributed by atoms with Crippen molar-refractivity contribution >= 4 is 24.4 Å². The molecule has 1 atom stereocenters. The van der Waals surface area contributed by atoms with Gasteiger partial charge in [-0.2, -0.15) is 0 Å². The van der Waals surface area contributed by atoms with E-state index in [1.807, 2.05) is 11.8 Å². The molecule has 1 fully saturated rings. The lowest BCUT2D eigenvalue weighted by molar-refractivity contribution is 0.667. The van der Waals surface area contributed by atoms with Crippen LogP contribution in [0.3, 0.4) is 0 Å². The lowest BCUT2D eigenvalue weighted by Crippen LogP contribution is -2.15. The van der Waals surface area contributed by atoms with Gasteiger partial charge in [0.1, 0.15) is 0 Å². The molecule has 1 saturated heterocycles. The second kappa shape index (κ2) is 2.53. The topological polar surface area (TPSA) is 0 Å². The Balaban J connectivity index is 2.33. The van der Waals surface area contributed by atoms with Crippen LogP contribution in [0.4, 0.5) is 0 Å². The zero-order valence-corrected chi connectivity index (χ0v) is 6.78. The summed E-state index contributed by atoms with van der Waals surface area (Å²) in [6, 6.07) is 0. The lowest BCUT2D eigenvalue weighted by Gasteiger charge is -2.25. The van der Waals surface area contributed by atoms with E-state index < -0.39 is 0 Å². The Bertz CT molecular complexity index is 70.6. The van der Waals surface area contributed by atoms with Crippen molar-refractivity contribution < 1.29 is 0 Å². The molecular weight excluding hydrogens is 136 g/mol. The summed E-state index contributed by atoms with van der Waals surface area (Å²) in [6.07, 6.45) is 3.94. The summed E-state index contributed by atoms with van der Waals surface area (Å²) in [6.45, 7) is 2.16. The third-order valence-electron chi connectivity index (χ3n) is 1.43. The van der Waals surface area contributed by atoms with Gasteiger partial charge in [-0.1, -0.05) is 19.0 Å². The first-order chi connectivity index (χ1) is 3.71. The molecule has 1 rings (SSSR count). The predicted molar refractivity (Wildman–Crippen MR) is 42.3 cm³/mol. The van der Waals surface area contributed by atoms with Crippen LogP contribution in [0.5, 0.6) is 0 Å². The van der Waals surface area contributed by atoms with Crippen LogP contribution >= 0.6 is 24.4 Å². The van der Waals surface area contributed by atoms with Gasteiger partial charge in [-0.15, -0.1) is 11.8 Å². The summed E-state index contributed by atoms with van der Waals surface area (Å²) < 4.78 is 0.179. The number of rotatable bonds is 0. The minimum Gasteiger partial charge on any atom is -0.144 e. The fourth-order valence-electron chi connectivity index (χ4n) is 0.908. The van der Waals surface area contributed by atoms with Gasteiger partial charge in [0.2, 0.25) is 0 Å². The van der Waals surface area contributed by atoms with Crippen LogP contribution in [-0.2, 0) is 0 Å². The molecule has 1 heterocycles. The minimum absolute atomic E-state index is 0.179. The molecule has 1 radical (unpaired) electrons. The summed E-state index contributed by atoms with van der Waals surface area (Å²) in [4.78, 5) is 0. The molecule has 0 saturated carbocycles. The molecular formula is C6H11S2. The normalized spacial score (nSPS) is 39.8. The van der Waals surface area contributed by atoms with Crippen molar-refractivity contribution in [1.82, 2.24) is 0 Å². The van der Waals surface area contributed by atoms with E-state index in [1.54, 1.807) is 0 Å². The molecule has 0 aromatic rings. The molecule has 0 aromatic carbocycles. The predicted octanol–water partition coefficient (Wildman–Crippen LogP) is 2.82. The molecule has 0 nitrogen and oxygen atoms in total. The number of hydrogen-bond donors (Lipinski definition) is 0. The lowest BCUT2D eigenvalue weighted by atomic mass is 10.2. The van der Waals surface area contributed by atoms with Crippen molar-refractivity contribution in [2.45, 2.75) is 30.3 Å². The van der Waals surface area contributed by atoms with Crippen molar-refractivity contribution in [3.8, 4) is 0 Å². The fourth-order valence-corrected chi connectivity index (χ4v) is 2.37. The van der Waals surface area contributed by atoms with E-state index in [9.17, 15) is 0 Å². The third-order valence-corrected chi connectivity index (χ3v) is 3.30. The highest BCUT2D eigenvalue weighted by atomic mass is 32.2. The Labute approximate surface area is 60.8 Å². The summed E-state index contributed by atoms with van der Waals surface area (Å²) in [7, 11) is 0. The summed E-state index contributed by atoms with van der Waals surface area (Å²) in [5.74, 6) is 1.28. The molecule has 1 aliphatic rings. The zero-order valence-electron chi connectivity index (χ0n) is 5.14. The van der Waals surface area contributed by atoms with E-state index in [4.69, 9.17) is 12.6 Å². The van der Waals surface area contributed by atoms with Gasteiger partial charge in [-0.25, -0.2) is 0 Å². The van der Waals surface area contributed by atoms with E-state index in [0.717, 1.165) is 0 Å². The average molecular weight is 147 g/mol. The third kappa shape index (κ3) is 1.90. The van der Waals surface area contributed by atoms with Gasteiger partial charge >= 0.3 is 0 Å². The van der Waals surface area contributed by atoms with Gasteiger partial charge in [0.25, 0.3) is 0 Å². The fraction of sp³-hybridized carbons (Fsp3) is 1.00. The minimum atomic E-state index is 0.179. The first kappa shape index (κ1) is 6.81. The van der Waals surface area contributed by atoms with E-state index in [1.165, 1.54) is 25.0 Å². The molecule has 8 heavy (non-hydrogen) atoms. The molecule has 0 N–H and O–H groups in total. The standard InChI is InChI=1S/C6H11S2/c1-6(7)4-2-3-5-8-6/h2-5H2,1H3. The van der Waals surface area contributed by atoms with Crippen LogP contribution in [0.2, 0.25) is 0 Å². The molecule has 2 heteroatoms. The summed E-state index contributed by atoms with van der Waals surface area (Å²) in [5, 5.41) is 0. The zero-order chi connectivity index (χ0) is 6.04. The van der Waals surface area contributed by atoms with E-state index in [-0.39, 0.29) is 4.08 Å². The summed E-state index contributed by atoms with van der Waals surface area (Å²) >= 11 is 7.19. The first-order valence-corrected chi connectivity index (χ1v) is 4.44. The summed E-state index contributed by atoms with van der Waals surface area (Å²) in [5.41, 5.74) is 0. The van der Waals surface area contributed by atoms with Crippen LogP contribution in [-0.4, -0.2) is 9.83 Å². The Morgan fingerprint density at radius 1 is 1.50 bits per heavy atom. The molecule has 1 aliphatic heterocycles. The van der Waals surface area contributed by atoms with Crippen molar-refractivity contribution in [3.63, 3.8) is 0 Å². The highest BCUT2D eigenvalue weighted by molar-refractivity contribution is 8.11. The molecule has 0 bridgehead atoms. The number of thioether (sulfide) groups is 1. The average Bonchev–Trinajstić information content (AvgIpc) is 1.65.